The van der Waals surface area contributed by atoms with E-state index in [0.29, 0.717) is 30.4 Å². The average molecular weight is 333 g/mol. The van der Waals surface area contributed by atoms with Crippen molar-refractivity contribution in [2.75, 3.05) is 13.2 Å². The van der Waals surface area contributed by atoms with Gasteiger partial charge in [-0.05, 0) is 38.8 Å². The predicted molar refractivity (Wildman–Crippen MR) is 83.2 cm³/mol. The zero-order valence-corrected chi connectivity index (χ0v) is 14.3. The third-order valence-electron chi connectivity index (χ3n) is 2.64. The van der Waals surface area contributed by atoms with Crippen LogP contribution in [0, 0.1) is 13.8 Å². The molecule has 0 unspecified atom stereocenters. The summed E-state index contributed by atoms with van der Waals surface area (Å²) in [5, 5.41) is 8.90. The van der Waals surface area contributed by atoms with Crippen molar-refractivity contribution in [2.45, 2.75) is 34.1 Å². The molecule has 0 aromatic carbocycles. The van der Waals surface area contributed by atoms with Gasteiger partial charge < -0.3 is 9.63 Å². The maximum atomic E-state index is 10.8. The van der Waals surface area contributed by atoms with Crippen molar-refractivity contribution in [1.29, 1.82) is 0 Å². The van der Waals surface area contributed by atoms with Crippen molar-refractivity contribution in [2.24, 2.45) is 0 Å². The molecule has 0 aliphatic carbocycles. The Balaban J connectivity index is 3.04. The summed E-state index contributed by atoms with van der Waals surface area (Å²) in [6.45, 7) is 5.06. The lowest BCUT2D eigenvalue weighted by Crippen LogP contribution is -2.08. The molecule has 0 saturated heterocycles. The van der Waals surface area contributed by atoms with E-state index in [2.05, 4.69) is 4.98 Å². The number of aryl methyl sites for hydroxylation is 2. The molecule has 118 valence electrons. The van der Waals surface area contributed by atoms with Crippen LogP contribution in [0.3, 0.4) is 0 Å². The summed E-state index contributed by atoms with van der Waals surface area (Å²) in [4.78, 5) is 15.1. The molecule has 0 spiro atoms. The number of carboxylic acids is 1. The molecule has 1 heterocycles. The Hall–Kier alpha value is -1.01. The highest BCUT2D eigenvalue weighted by molar-refractivity contribution is 8.07. The predicted octanol–water partition coefficient (Wildman–Crippen LogP) is 3.00. The summed E-state index contributed by atoms with van der Waals surface area (Å²) in [5.74, 6) is -0.602. The van der Waals surface area contributed by atoms with Crippen LogP contribution in [0.4, 0.5) is 0 Å². The van der Waals surface area contributed by atoms with Crippen molar-refractivity contribution < 1.29 is 23.5 Å². The number of hydrogen-bond acceptors (Lipinski definition) is 6. The van der Waals surface area contributed by atoms with Crippen LogP contribution in [-0.2, 0) is 32.1 Å². The average Bonchev–Trinajstić information content (AvgIpc) is 2.34. The molecule has 0 saturated carbocycles. The normalized spacial score (nSPS) is 11.4. The minimum atomic E-state index is -2.87. The van der Waals surface area contributed by atoms with Crippen LogP contribution in [0.1, 0.15) is 30.7 Å². The van der Waals surface area contributed by atoms with Crippen LogP contribution in [0.15, 0.2) is 6.07 Å². The molecule has 1 rings (SSSR count). The summed E-state index contributed by atoms with van der Waals surface area (Å²) in [6, 6.07) is 1.66. The lowest BCUT2D eigenvalue weighted by Gasteiger charge is -2.21. The minimum absolute atomic E-state index is 0.0734. The molecule has 0 aliphatic rings. The Morgan fingerprint density at radius 3 is 2.33 bits per heavy atom. The van der Waals surface area contributed by atoms with Crippen molar-refractivity contribution in [3.63, 3.8) is 0 Å². The molecule has 0 amide bonds. The quantitative estimate of drug-likeness (QED) is 0.733. The van der Waals surface area contributed by atoms with E-state index < -0.39 is 12.7 Å². The first-order valence-corrected chi connectivity index (χ1v) is 9.14. The van der Waals surface area contributed by atoms with Crippen molar-refractivity contribution in [3.8, 4) is 5.88 Å². The monoisotopic (exact) mass is 333 g/mol. The Morgan fingerprint density at radius 2 is 1.90 bits per heavy atom. The number of carbonyl (C=O) groups is 1. The van der Waals surface area contributed by atoms with Crippen LogP contribution in [-0.4, -0.2) is 29.3 Å². The Morgan fingerprint density at radius 1 is 1.33 bits per heavy atom. The maximum absolute atomic E-state index is 10.8. The lowest BCUT2D eigenvalue weighted by molar-refractivity contribution is -0.136. The summed E-state index contributed by atoms with van der Waals surface area (Å²) < 4.78 is 16.4. The molecule has 21 heavy (non-hydrogen) atoms. The molecule has 0 radical (unpaired) electrons. The summed E-state index contributed by atoms with van der Waals surface area (Å²) >= 11 is 5.28. The van der Waals surface area contributed by atoms with Gasteiger partial charge in [-0.25, -0.2) is 4.98 Å². The van der Waals surface area contributed by atoms with E-state index in [-0.39, 0.29) is 6.42 Å². The molecule has 0 aliphatic heterocycles. The largest absolute Gasteiger partial charge is 0.481 e. The zero-order chi connectivity index (χ0) is 16.0. The fraction of sp³-hybridized carbons (Fsp3) is 0.538. The van der Waals surface area contributed by atoms with Gasteiger partial charge in [0.25, 0.3) is 0 Å². The molecule has 8 heteroatoms. The van der Waals surface area contributed by atoms with Gasteiger partial charge in [-0.1, -0.05) is 0 Å². The van der Waals surface area contributed by atoms with E-state index in [0.717, 1.165) is 5.56 Å². The second kappa shape index (κ2) is 7.84. The van der Waals surface area contributed by atoms with Gasteiger partial charge in [0.05, 0.1) is 19.6 Å². The van der Waals surface area contributed by atoms with E-state index in [1.165, 1.54) is 0 Å². The van der Waals surface area contributed by atoms with Gasteiger partial charge in [-0.2, -0.15) is 0 Å². The standard InChI is InChI=1S/C13H20NO5PS/c1-5-17-20(21,18-6-2)19-12-7-9(3)11(8-13(15)16)10(4)14-12/h7H,5-6,8H2,1-4H3,(H,15,16). The third-order valence-corrected chi connectivity index (χ3v) is 5.05. The Bertz CT molecular complexity index is 530. The summed E-state index contributed by atoms with van der Waals surface area (Å²) in [5.41, 5.74) is 2.06. The highest BCUT2D eigenvalue weighted by Gasteiger charge is 2.23. The van der Waals surface area contributed by atoms with E-state index in [9.17, 15) is 4.79 Å². The van der Waals surface area contributed by atoms with E-state index in [4.69, 9.17) is 30.5 Å². The molecule has 1 aromatic rings. The first-order valence-electron chi connectivity index (χ1n) is 6.59. The second-order valence-electron chi connectivity index (χ2n) is 4.29. The fourth-order valence-corrected chi connectivity index (χ4v) is 3.81. The SMILES string of the molecule is CCOP(=S)(OCC)Oc1cc(C)c(CC(=O)O)c(C)n1. The van der Waals surface area contributed by atoms with Crippen molar-refractivity contribution in [1.82, 2.24) is 4.98 Å². The summed E-state index contributed by atoms with van der Waals surface area (Å²) in [7, 11) is 0. The number of pyridine rings is 1. The molecule has 0 fully saturated rings. The van der Waals surface area contributed by atoms with Crippen LogP contribution in [0.2, 0.25) is 0 Å². The van der Waals surface area contributed by atoms with Gasteiger partial charge >= 0.3 is 12.7 Å². The molecule has 6 nitrogen and oxygen atoms in total. The Kier molecular flexibility index (Phi) is 6.74. The highest BCUT2D eigenvalue weighted by atomic mass is 32.5. The first kappa shape index (κ1) is 18.0. The van der Waals surface area contributed by atoms with E-state index in [1.54, 1.807) is 13.0 Å². The van der Waals surface area contributed by atoms with Crippen LogP contribution < -0.4 is 4.52 Å². The third kappa shape index (κ3) is 5.36. The number of hydrogen-bond donors (Lipinski definition) is 1. The van der Waals surface area contributed by atoms with E-state index >= 15 is 0 Å². The molecule has 0 bridgehead atoms. The van der Waals surface area contributed by atoms with Gasteiger partial charge in [0.1, 0.15) is 0 Å². The van der Waals surface area contributed by atoms with Gasteiger partial charge in [0, 0.05) is 23.6 Å². The fourth-order valence-electron chi connectivity index (χ4n) is 1.81. The number of aliphatic carboxylic acids is 1. The second-order valence-corrected chi connectivity index (χ2v) is 7.22. The number of carboxylic acid groups (broad SMARTS) is 1. The Labute approximate surface area is 129 Å². The zero-order valence-electron chi connectivity index (χ0n) is 12.6. The van der Waals surface area contributed by atoms with Crippen LogP contribution >= 0.6 is 6.72 Å². The number of aromatic nitrogens is 1. The van der Waals surface area contributed by atoms with Gasteiger partial charge in [-0.15, -0.1) is 0 Å². The van der Waals surface area contributed by atoms with Gasteiger partial charge in [-0.3, -0.25) is 13.8 Å². The van der Waals surface area contributed by atoms with Crippen molar-refractivity contribution >= 4 is 24.5 Å². The summed E-state index contributed by atoms with van der Waals surface area (Å²) in [6.07, 6.45) is -0.0734. The molecule has 0 atom stereocenters. The van der Waals surface area contributed by atoms with Crippen molar-refractivity contribution in [3.05, 3.63) is 22.9 Å². The molecular weight excluding hydrogens is 313 g/mol. The lowest BCUT2D eigenvalue weighted by atomic mass is 10.1. The molecular formula is C13H20NO5PS. The van der Waals surface area contributed by atoms with Gasteiger partial charge in [0.15, 0.2) is 0 Å². The van der Waals surface area contributed by atoms with Gasteiger partial charge in [0.2, 0.25) is 5.88 Å². The van der Waals surface area contributed by atoms with E-state index in [1.807, 2.05) is 20.8 Å². The number of rotatable bonds is 8. The molecule has 1 N–H and O–H groups in total. The van der Waals surface area contributed by atoms with Crippen LogP contribution in [0.25, 0.3) is 0 Å². The van der Waals surface area contributed by atoms with Crippen LogP contribution in [0.5, 0.6) is 5.88 Å². The minimum Gasteiger partial charge on any atom is -0.481 e. The smallest absolute Gasteiger partial charge is 0.381 e. The highest BCUT2D eigenvalue weighted by Crippen LogP contribution is 2.49. The topological polar surface area (TPSA) is 77.9 Å². The molecule has 1 aromatic heterocycles. The number of nitrogens with zero attached hydrogens (tertiary/aromatic N) is 1. The maximum Gasteiger partial charge on any atom is 0.381 e. The first-order chi connectivity index (χ1) is 9.81.